The van der Waals surface area contributed by atoms with Gasteiger partial charge in [0.15, 0.2) is 0 Å². The summed E-state index contributed by atoms with van der Waals surface area (Å²) in [5.41, 5.74) is -19.5. The van der Waals surface area contributed by atoms with Gasteiger partial charge in [-0.3, -0.25) is 4.89 Å². The fourth-order valence-corrected chi connectivity index (χ4v) is 8.74. The van der Waals surface area contributed by atoms with E-state index in [1.54, 1.807) is 0 Å². The van der Waals surface area contributed by atoms with Gasteiger partial charge in [0, 0.05) is 22.3 Å². The molecule has 6 aromatic carbocycles. The third-order valence-corrected chi connectivity index (χ3v) is 11.8. The zero-order valence-corrected chi connectivity index (χ0v) is 36.1. The van der Waals surface area contributed by atoms with Crippen LogP contribution >= 0.6 is 7.82 Å². The molecule has 0 saturated carbocycles. The molecule has 0 atom stereocenters. The Kier molecular flexibility index (Phi) is 12.4. The second kappa shape index (κ2) is 17.2. The summed E-state index contributed by atoms with van der Waals surface area (Å²) in [4.78, 5) is 60.5. The summed E-state index contributed by atoms with van der Waals surface area (Å²) in [6.07, 6.45) is -22.2. The summed E-state index contributed by atoms with van der Waals surface area (Å²) >= 11 is 0. The molecule has 25 heteroatoms. The van der Waals surface area contributed by atoms with Crippen LogP contribution in [0, 0.1) is 13.8 Å². The fraction of sp³-hybridized carbons (Fsp3) is 0.130. The van der Waals surface area contributed by atoms with Crippen LogP contribution in [0.5, 0.6) is 11.5 Å². The van der Waals surface area contributed by atoms with E-state index in [1.807, 2.05) is 0 Å². The second-order valence-electron chi connectivity index (χ2n) is 15.7. The van der Waals surface area contributed by atoms with Gasteiger partial charge in [-0.05, 0) is 143 Å². The molecule has 0 radical (unpaired) electrons. The van der Waals surface area contributed by atoms with E-state index >= 15 is 0 Å². The van der Waals surface area contributed by atoms with Crippen LogP contribution in [0.4, 0.5) is 52.7 Å². The molecule has 1 aliphatic rings. The van der Waals surface area contributed by atoms with Gasteiger partial charge in [-0.15, -0.1) is 0 Å². The number of fused-ring (bicyclic) bond motifs is 3. The molecule has 0 amide bonds. The highest BCUT2D eigenvalue weighted by Gasteiger charge is 2.43. The first-order chi connectivity index (χ1) is 32.5. The van der Waals surface area contributed by atoms with Gasteiger partial charge >= 0.3 is 56.4 Å². The van der Waals surface area contributed by atoms with Crippen molar-refractivity contribution >= 4 is 31.7 Å². The topological polar surface area (TPSA) is 205 Å². The number of phosphoric acid groups is 1. The minimum atomic E-state index is -6.06. The summed E-state index contributed by atoms with van der Waals surface area (Å²) < 4.78 is 198. The van der Waals surface area contributed by atoms with Crippen molar-refractivity contribution < 1.29 is 111 Å². The number of hydrogen-bond acceptors (Lipinski definition) is 7. The Labute approximate surface area is 388 Å². The van der Waals surface area contributed by atoms with Crippen molar-refractivity contribution in [2.45, 2.75) is 38.6 Å². The van der Waals surface area contributed by atoms with Gasteiger partial charge in [-0.25, -0.2) is 23.7 Å². The molecule has 0 spiro atoms. The molecule has 6 aromatic rings. The van der Waals surface area contributed by atoms with Crippen LogP contribution < -0.4 is 9.05 Å². The van der Waals surface area contributed by atoms with Gasteiger partial charge in [0.2, 0.25) is 0 Å². The van der Waals surface area contributed by atoms with E-state index < -0.39 is 179 Å². The number of carboxylic acid groups (broad SMARTS) is 4. The number of phosphoric ester groups is 1. The predicted octanol–water partition coefficient (Wildman–Crippen LogP) is 13.4. The van der Waals surface area contributed by atoms with Crippen molar-refractivity contribution in [2.24, 2.45) is 0 Å². The Morgan fingerprint density at radius 3 is 0.859 bits per heavy atom. The van der Waals surface area contributed by atoms with Gasteiger partial charge in [0.05, 0.1) is 44.5 Å². The highest BCUT2D eigenvalue weighted by molar-refractivity contribution is 7.48. The van der Waals surface area contributed by atoms with E-state index in [-0.39, 0.29) is 36.4 Å². The molecule has 71 heavy (non-hydrogen) atoms. The van der Waals surface area contributed by atoms with Crippen LogP contribution in [-0.4, -0.2) is 49.2 Å². The molecule has 370 valence electrons. The maximum absolute atomic E-state index is 14.4. The molecule has 0 aromatic heterocycles. The highest BCUT2D eigenvalue weighted by atomic mass is 31.2. The standard InChI is InChI=1S/C46H25F12O12P/c1-17-31(19-3-23(39(59)60)7-24(4-19)40(61)62)15-33(21-9-27(43(47,48)49)13-28(10-21)44(50,51)52)37-35(17)36-18(2)32(20-5-25(41(63)64)8-26(6-20)42(65)66)16-34(38(36)70-71(67,68)69-37)22-11-29(45(53,54)55)14-30(12-22)46(56,57)58/h3-16H,1-2H3,(H,59,60)(H,61,62)(H,63,64)(H,65,66)(H,67,68). The lowest BCUT2D eigenvalue weighted by Crippen LogP contribution is -2.11. The monoisotopic (exact) mass is 1030 g/mol. The Bertz CT molecular complexity index is 3010. The predicted molar refractivity (Wildman–Crippen MR) is 222 cm³/mol. The third-order valence-electron chi connectivity index (χ3n) is 11.0. The van der Waals surface area contributed by atoms with E-state index in [0.29, 0.717) is 12.1 Å². The SMILES string of the molecule is Cc1c(-c2cc(C(=O)O)cc(C(=O)O)c2)cc(-c2cc(C(F)(F)F)cc(C(F)(F)F)c2)c2c1-c1c(C)c(-c3cc(C(=O)O)cc(C(=O)O)c3)cc(-c3cc(C(F)(F)F)cc(C(F)(F)F)c3)c1OP(=O)(O)O2. The normalized spacial score (nSPS) is 13.6. The summed E-state index contributed by atoms with van der Waals surface area (Å²) in [5.74, 6) is -9.40. The van der Waals surface area contributed by atoms with Crippen LogP contribution in [0.2, 0.25) is 0 Å². The van der Waals surface area contributed by atoms with Crippen LogP contribution in [-0.2, 0) is 29.3 Å². The van der Waals surface area contributed by atoms with E-state index in [4.69, 9.17) is 9.05 Å². The van der Waals surface area contributed by atoms with Crippen molar-refractivity contribution in [1.82, 2.24) is 0 Å². The molecular weight excluding hydrogens is 1000 g/mol. The average Bonchev–Trinajstić information content (AvgIpc) is 3.38. The largest absolute Gasteiger partial charge is 0.584 e. The third kappa shape index (κ3) is 9.97. The molecule has 0 aliphatic carbocycles. The number of carbonyl (C=O) groups is 4. The van der Waals surface area contributed by atoms with E-state index in [0.717, 1.165) is 50.2 Å². The first-order valence-corrected chi connectivity index (χ1v) is 21.0. The molecule has 0 saturated heterocycles. The minimum Gasteiger partial charge on any atom is -0.478 e. The smallest absolute Gasteiger partial charge is 0.478 e. The van der Waals surface area contributed by atoms with Crippen molar-refractivity contribution in [2.75, 3.05) is 0 Å². The quantitative estimate of drug-likeness (QED) is 0.0713. The van der Waals surface area contributed by atoms with Crippen molar-refractivity contribution in [1.29, 1.82) is 0 Å². The lowest BCUT2D eigenvalue weighted by atomic mass is 9.81. The number of alkyl halides is 12. The van der Waals surface area contributed by atoms with Crippen LogP contribution in [0.1, 0.15) is 74.8 Å². The van der Waals surface area contributed by atoms with Crippen LogP contribution in [0.25, 0.3) is 55.6 Å². The van der Waals surface area contributed by atoms with Gasteiger partial charge in [0.25, 0.3) is 0 Å². The molecule has 1 aliphatic heterocycles. The first-order valence-electron chi connectivity index (χ1n) is 19.5. The number of benzene rings is 6. The number of aromatic carboxylic acids is 4. The number of rotatable bonds is 8. The maximum atomic E-state index is 14.4. The zero-order chi connectivity index (χ0) is 52.8. The van der Waals surface area contributed by atoms with Gasteiger partial charge in [-0.1, -0.05) is 0 Å². The van der Waals surface area contributed by atoms with Crippen LogP contribution in [0.3, 0.4) is 0 Å². The minimum absolute atomic E-state index is 0.124. The number of carboxylic acids is 4. The molecule has 5 N–H and O–H groups in total. The Hall–Kier alpha value is -7.85. The van der Waals surface area contributed by atoms with Gasteiger partial charge < -0.3 is 29.5 Å². The molecule has 1 heterocycles. The molecule has 0 bridgehead atoms. The lowest BCUT2D eigenvalue weighted by Gasteiger charge is -2.24. The van der Waals surface area contributed by atoms with Crippen molar-refractivity contribution in [3.05, 3.63) is 141 Å². The van der Waals surface area contributed by atoms with Crippen LogP contribution in [0.15, 0.2) is 84.9 Å². The van der Waals surface area contributed by atoms with E-state index in [9.17, 15) is 102 Å². The maximum Gasteiger partial charge on any atom is 0.584 e. The molecule has 12 nitrogen and oxygen atoms in total. The molecule has 0 fully saturated rings. The zero-order valence-electron chi connectivity index (χ0n) is 35.2. The summed E-state index contributed by atoms with van der Waals surface area (Å²) in [6.45, 7) is 2.12. The van der Waals surface area contributed by atoms with Crippen molar-refractivity contribution in [3.63, 3.8) is 0 Å². The summed E-state index contributed by atoms with van der Waals surface area (Å²) in [5, 5.41) is 39.8. The first kappa shape index (κ1) is 51.0. The Morgan fingerprint density at radius 1 is 0.394 bits per heavy atom. The number of halogens is 12. The Morgan fingerprint density at radius 2 is 0.634 bits per heavy atom. The summed E-state index contributed by atoms with van der Waals surface area (Å²) in [6, 6.07) is 5.86. The average molecular weight is 1030 g/mol. The highest BCUT2D eigenvalue weighted by Crippen LogP contribution is 2.62. The van der Waals surface area contributed by atoms with E-state index in [1.165, 1.54) is 0 Å². The number of hydrogen-bond donors (Lipinski definition) is 5. The lowest BCUT2D eigenvalue weighted by molar-refractivity contribution is -0.144. The van der Waals surface area contributed by atoms with Gasteiger partial charge in [0.1, 0.15) is 11.5 Å². The Balaban J connectivity index is 1.80. The van der Waals surface area contributed by atoms with Gasteiger partial charge in [-0.2, -0.15) is 52.7 Å². The molecular formula is C46H25F12O12P. The van der Waals surface area contributed by atoms with Crippen molar-refractivity contribution in [3.8, 4) is 67.1 Å². The molecule has 0 unspecified atom stereocenters. The fourth-order valence-electron chi connectivity index (χ4n) is 7.87. The summed E-state index contributed by atoms with van der Waals surface area (Å²) in [7, 11) is -6.06. The molecule has 7 rings (SSSR count). The van der Waals surface area contributed by atoms with E-state index in [2.05, 4.69) is 0 Å². The second-order valence-corrected chi connectivity index (χ2v) is 17.0.